The highest BCUT2D eigenvalue weighted by molar-refractivity contribution is 5.94. The molecule has 0 N–H and O–H groups in total. The van der Waals surface area contributed by atoms with Crippen LogP contribution in [-0.2, 0) is 6.54 Å². The van der Waals surface area contributed by atoms with Gasteiger partial charge in [0.25, 0.3) is 5.91 Å². The first-order chi connectivity index (χ1) is 15.6. The molecule has 1 amide bonds. The normalized spacial score (nSPS) is 14.2. The van der Waals surface area contributed by atoms with Gasteiger partial charge < -0.3 is 18.9 Å². The summed E-state index contributed by atoms with van der Waals surface area (Å²) >= 11 is 0. The Hall–Kier alpha value is -3.42. The van der Waals surface area contributed by atoms with Crippen molar-refractivity contribution in [2.75, 3.05) is 14.2 Å². The first-order valence-electron chi connectivity index (χ1n) is 10.7. The minimum atomic E-state index is -0.373. The molecule has 0 saturated heterocycles. The van der Waals surface area contributed by atoms with Crippen LogP contribution in [-0.4, -0.2) is 41.2 Å². The molecule has 1 fully saturated rings. The Morgan fingerprint density at radius 2 is 1.78 bits per heavy atom. The summed E-state index contributed by atoms with van der Waals surface area (Å²) in [6.45, 7) is 0.196. The van der Waals surface area contributed by atoms with Gasteiger partial charge in [0, 0.05) is 17.2 Å². The van der Waals surface area contributed by atoms with Crippen molar-refractivity contribution in [3.63, 3.8) is 0 Å². The monoisotopic (exact) mass is 439 g/mol. The molecule has 7 nitrogen and oxygen atoms in total. The fourth-order valence-electron chi connectivity index (χ4n) is 4.08. The number of hydrogen-bond donors (Lipinski definition) is 0. The lowest BCUT2D eigenvalue weighted by molar-refractivity contribution is 0.0586. The van der Waals surface area contributed by atoms with E-state index >= 15 is 0 Å². The summed E-state index contributed by atoms with van der Waals surface area (Å²) in [4.78, 5) is 19.6. The Labute approximate surface area is 186 Å². The van der Waals surface area contributed by atoms with E-state index in [1.165, 1.54) is 30.7 Å². The number of amides is 1. The summed E-state index contributed by atoms with van der Waals surface area (Å²) < 4.78 is 29.5. The van der Waals surface area contributed by atoms with E-state index in [-0.39, 0.29) is 24.3 Å². The van der Waals surface area contributed by atoms with Crippen LogP contribution >= 0.6 is 0 Å². The van der Waals surface area contributed by atoms with Crippen LogP contribution in [0, 0.1) is 5.82 Å². The maximum absolute atomic E-state index is 13.3. The smallest absolute Gasteiger partial charge is 0.254 e. The molecule has 168 valence electrons. The maximum Gasteiger partial charge on any atom is 0.254 e. The highest BCUT2D eigenvalue weighted by Gasteiger charge is 2.28. The Morgan fingerprint density at radius 3 is 2.47 bits per heavy atom. The van der Waals surface area contributed by atoms with Gasteiger partial charge in [-0.1, -0.05) is 24.4 Å². The average Bonchev–Trinajstić information content (AvgIpc) is 3.31. The molecule has 8 heteroatoms. The van der Waals surface area contributed by atoms with Crippen LogP contribution in [0.25, 0.3) is 11.4 Å². The number of aromatic nitrogens is 2. The molecule has 1 aliphatic carbocycles. The van der Waals surface area contributed by atoms with Crippen molar-refractivity contribution in [3.8, 4) is 22.9 Å². The van der Waals surface area contributed by atoms with Gasteiger partial charge in [0.05, 0.1) is 14.2 Å². The lowest BCUT2D eigenvalue weighted by Crippen LogP contribution is -2.41. The van der Waals surface area contributed by atoms with Gasteiger partial charge in [0.2, 0.25) is 11.7 Å². The molecule has 1 aliphatic rings. The van der Waals surface area contributed by atoms with Crippen molar-refractivity contribution in [1.82, 2.24) is 15.0 Å². The van der Waals surface area contributed by atoms with Crippen LogP contribution < -0.4 is 9.47 Å². The van der Waals surface area contributed by atoms with E-state index in [2.05, 4.69) is 10.1 Å². The van der Waals surface area contributed by atoms with Gasteiger partial charge in [0.15, 0.2) is 11.5 Å². The van der Waals surface area contributed by atoms with E-state index in [1.54, 1.807) is 31.3 Å². The highest BCUT2D eigenvalue weighted by atomic mass is 19.1. The molecule has 0 radical (unpaired) electrons. The average molecular weight is 439 g/mol. The third-order valence-electron chi connectivity index (χ3n) is 5.78. The molecule has 1 saturated carbocycles. The molecular weight excluding hydrogens is 413 g/mol. The number of nitrogens with zero attached hydrogens (tertiary/aromatic N) is 3. The van der Waals surface area contributed by atoms with Crippen molar-refractivity contribution >= 4 is 5.91 Å². The number of halogens is 1. The molecule has 3 aromatic rings. The Balaban J connectivity index is 1.58. The van der Waals surface area contributed by atoms with Crippen LogP contribution in [0.3, 0.4) is 0 Å². The van der Waals surface area contributed by atoms with Gasteiger partial charge in [-0.3, -0.25) is 4.79 Å². The lowest BCUT2D eigenvalue weighted by atomic mass is 9.93. The van der Waals surface area contributed by atoms with Crippen molar-refractivity contribution in [2.24, 2.45) is 0 Å². The summed E-state index contributed by atoms with van der Waals surface area (Å²) in [6.07, 6.45) is 5.14. The second-order valence-electron chi connectivity index (χ2n) is 7.81. The third kappa shape index (κ3) is 4.74. The Bertz CT molecular complexity index is 1060. The van der Waals surface area contributed by atoms with Crippen LogP contribution in [0.5, 0.6) is 11.5 Å². The zero-order valence-corrected chi connectivity index (χ0v) is 18.2. The van der Waals surface area contributed by atoms with Gasteiger partial charge in [-0.05, 0) is 55.3 Å². The summed E-state index contributed by atoms with van der Waals surface area (Å²) in [6, 6.07) is 11.1. The van der Waals surface area contributed by atoms with Gasteiger partial charge >= 0.3 is 0 Å². The van der Waals surface area contributed by atoms with Crippen LogP contribution in [0.2, 0.25) is 0 Å². The zero-order valence-electron chi connectivity index (χ0n) is 18.2. The third-order valence-corrected chi connectivity index (χ3v) is 5.78. The van der Waals surface area contributed by atoms with Crippen LogP contribution in [0.15, 0.2) is 47.0 Å². The van der Waals surface area contributed by atoms with E-state index in [1.807, 2.05) is 6.07 Å². The van der Waals surface area contributed by atoms with E-state index in [9.17, 15) is 9.18 Å². The summed E-state index contributed by atoms with van der Waals surface area (Å²) in [5, 5.41) is 4.09. The maximum atomic E-state index is 13.3. The molecule has 0 aliphatic heterocycles. The quantitative estimate of drug-likeness (QED) is 0.523. The predicted octanol–water partition coefficient (Wildman–Crippen LogP) is 4.87. The SMILES string of the molecule is COc1ccc(-c2noc(CN(C(=O)c3ccc(F)cc3)C3CCCCC3)n2)cc1OC. The molecule has 1 heterocycles. The van der Waals surface area contributed by atoms with Gasteiger partial charge in [-0.2, -0.15) is 4.98 Å². The largest absolute Gasteiger partial charge is 0.493 e. The molecule has 0 bridgehead atoms. The van der Waals surface area contributed by atoms with E-state index in [0.29, 0.717) is 34.3 Å². The lowest BCUT2D eigenvalue weighted by Gasteiger charge is -2.33. The molecule has 0 unspecified atom stereocenters. The summed E-state index contributed by atoms with van der Waals surface area (Å²) in [5.74, 6) is 1.37. The first-order valence-corrected chi connectivity index (χ1v) is 10.7. The number of rotatable bonds is 7. The topological polar surface area (TPSA) is 77.7 Å². The molecule has 0 atom stereocenters. The van der Waals surface area contributed by atoms with Crippen molar-refractivity contribution in [1.29, 1.82) is 0 Å². The number of methoxy groups -OCH3 is 2. The first kappa shape index (κ1) is 21.8. The predicted molar refractivity (Wildman–Crippen MR) is 116 cm³/mol. The molecule has 32 heavy (non-hydrogen) atoms. The minimum Gasteiger partial charge on any atom is -0.493 e. The van der Waals surface area contributed by atoms with Crippen LogP contribution in [0.4, 0.5) is 4.39 Å². The Kier molecular flexibility index (Phi) is 6.68. The van der Waals surface area contributed by atoms with Crippen molar-refractivity contribution in [3.05, 3.63) is 59.7 Å². The van der Waals surface area contributed by atoms with Gasteiger partial charge in [0.1, 0.15) is 12.4 Å². The number of ether oxygens (including phenoxy) is 2. The number of carbonyl (C=O) groups is 1. The zero-order chi connectivity index (χ0) is 22.5. The van der Waals surface area contributed by atoms with E-state index < -0.39 is 0 Å². The van der Waals surface area contributed by atoms with Crippen molar-refractivity contribution in [2.45, 2.75) is 44.7 Å². The highest BCUT2D eigenvalue weighted by Crippen LogP contribution is 2.31. The van der Waals surface area contributed by atoms with E-state index in [4.69, 9.17) is 14.0 Å². The molecule has 1 aromatic heterocycles. The summed E-state index contributed by atoms with van der Waals surface area (Å²) in [7, 11) is 3.13. The fourth-order valence-corrected chi connectivity index (χ4v) is 4.08. The van der Waals surface area contributed by atoms with E-state index in [0.717, 1.165) is 25.7 Å². The standard InChI is InChI=1S/C24H26FN3O4/c1-30-20-13-10-17(14-21(20)31-2)23-26-22(32-27-23)15-28(19-6-4-3-5-7-19)24(29)16-8-11-18(25)12-9-16/h8-14,19H,3-7,15H2,1-2H3. The van der Waals surface area contributed by atoms with Crippen LogP contribution in [0.1, 0.15) is 48.4 Å². The minimum absolute atomic E-state index is 0.0812. The number of carbonyl (C=O) groups excluding carboxylic acids is 1. The van der Waals surface area contributed by atoms with Gasteiger partial charge in [-0.15, -0.1) is 0 Å². The number of benzene rings is 2. The van der Waals surface area contributed by atoms with Gasteiger partial charge in [-0.25, -0.2) is 4.39 Å². The molecule has 4 rings (SSSR count). The second-order valence-corrected chi connectivity index (χ2v) is 7.81. The number of hydrogen-bond acceptors (Lipinski definition) is 6. The molecule has 0 spiro atoms. The molecular formula is C24H26FN3O4. The molecule has 2 aromatic carbocycles. The Morgan fingerprint density at radius 1 is 1.06 bits per heavy atom. The van der Waals surface area contributed by atoms with Crippen molar-refractivity contribution < 1.29 is 23.2 Å². The second kappa shape index (κ2) is 9.80. The summed E-state index contributed by atoms with van der Waals surface area (Å²) in [5.41, 5.74) is 1.16. The fraction of sp³-hybridized carbons (Fsp3) is 0.375.